The molecular weight excluding hydrogens is 361 g/mol. The fraction of sp³-hybridized carbons (Fsp3) is 0.222. The molecular formula is C18H18FNO5S. The van der Waals surface area contributed by atoms with Gasteiger partial charge >= 0.3 is 5.97 Å². The first kappa shape index (κ1) is 19.6. The van der Waals surface area contributed by atoms with Crippen LogP contribution in [-0.2, 0) is 25.9 Å². The van der Waals surface area contributed by atoms with E-state index < -0.39 is 34.1 Å². The van der Waals surface area contributed by atoms with Crippen molar-refractivity contribution < 1.29 is 27.1 Å². The molecule has 2 aromatic carbocycles. The molecule has 2 aromatic rings. The van der Waals surface area contributed by atoms with Gasteiger partial charge in [-0.15, -0.1) is 0 Å². The number of hydrogen-bond donors (Lipinski definition) is 0. The minimum absolute atomic E-state index is 0.0168. The number of sulfone groups is 1. The lowest BCUT2D eigenvalue weighted by Crippen LogP contribution is -2.31. The molecule has 0 aliphatic heterocycles. The molecule has 0 heterocycles. The summed E-state index contributed by atoms with van der Waals surface area (Å²) in [6.45, 7) is -0.565. The van der Waals surface area contributed by atoms with Crippen LogP contribution in [0.15, 0.2) is 53.4 Å². The second-order valence-electron chi connectivity index (χ2n) is 5.69. The smallest absolute Gasteiger partial charge is 0.339 e. The SMILES string of the molecule is CN(Cc1ccccc1F)C(=O)COC(=O)c1ccccc1S(C)(=O)=O. The zero-order valence-corrected chi connectivity index (χ0v) is 15.1. The Kier molecular flexibility index (Phi) is 6.10. The van der Waals surface area contributed by atoms with Crippen molar-refractivity contribution in [2.24, 2.45) is 0 Å². The maximum Gasteiger partial charge on any atom is 0.339 e. The predicted molar refractivity (Wildman–Crippen MR) is 92.7 cm³/mol. The highest BCUT2D eigenvalue weighted by Crippen LogP contribution is 2.16. The van der Waals surface area contributed by atoms with Crippen molar-refractivity contribution in [1.82, 2.24) is 4.90 Å². The minimum Gasteiger partial charge on any atom is -0.452 e. The predicted octanol–water partition coefficient (Wildman–Crippen LogP) is 2.04. The third-order valence-electron chi connectivity index (χ3n) is 3.62. The Morgan fingerprint density at radius 1 is 1.08 bits per heavy atom. The van der Waals surface area contributed by atoms with Gasteiger partial charge in [0.2, 0.25) is 0 Å². The number of carbonyl (C=O) groups is 2. The van der Waals surface area contributed by atoms with Crippen molar-refractivity contribution in [2.75, 3.05) is 19.9 Å². The van der Waals surface area contributed by atoms with E-state index in [0.717, 1.165) is 6.26 Å². The highest BCUT2D eigenvalue weighted by molar-refractivity contribution is 7.90. The lowest BCUT2D eigenvalue weighted by Gasteiger charge is -2.17. The van der Waals surface area contributed by atoms with Crippen LogP contribution in [0.2, 0.25) is 0 Å². The van der Waals surface area contributed by atoms with E-state index in [0.29, 0.717) is 5.56 Å². The fourth-order valence-corrected chi connectivity index (χ4v) is 3.12. The van der Waals surface area contributed by atoms with Gasteiger partial charge in [0, 0.05) is 25.4 Å². The van der Waals surface area contributed by atoms with E-state index in [1.54, 1.807) is 18.2 Å². The van der Waals surface area contributed by atoms with Gasteiger partial charge in [0.15, 0.2) is 16.4 Å². The zero-order valence-electron chi connectivity index (χ0n) is 14.3. The number of halogens is 1. The first-order valence-corrected chi connectivity index (χ1v) is 9.53. The maximum atomic E-state index is 13.6. The van der Waals surface area contributed by atoms with E-state index in [1.807, 2.05) is 0 Å². The van der Waals surface area contributed by atoms with E-state index in [2.05, 4.69) is 0 Å². The Labute approximate surface area is 151 Å². The summed E-state index contributed by atoms with van der Waals surface area (Å²) in [6.07, 6.45) is 0.979. The van der Waals surface area contributed by atoms with Crippen LogP contribution in [0.5, 0.6) is 0 Å². The van der Waals surface area contributed by atoms with Crippen LogP contribution in [0, 0.1) is 5.82 Å². The molecule has 0 spiro atoms. The van der Waals surface area contributed by atoms with Crippen molar-refractivity contribution >= 4 is 21.7 Å². The first-order valence-electron chi connectivity index (χ1n) is 7.63. The van der Waals surface area contributed by atoms with E-state index in [-0.39, 0.29) is 17.0 Å². The van der Waals surface area contributed by atoms with Crippen LogP contribution < -0.4 is 0 Å². The number of benzene rings is 2. The average Bonchev–Trinajstić information content (AvgIpc) is 2.60. The number of amides is 1. The Morgan fingerprint density at radius 3 is 2.35 bits per heavy atom. The van der Waals surface area contributed by atoms with Gasteiger partial charge in [0.25, 0.3) is 5.91 Å². The highest BCUT2D eigenvalue weighted by Gasteiger charge is 2.21. The van der Waals surface area contributed by atoms with Gasteiger partial charge in [0.05, 0.1) is 10.5 Å². The van der Waals surface area contributed by atoms with Crippen LogP contribution in [0.3, 0.4) is 0 Å². The molecule has 8 heteroatoms. The van der Waals surface area contributed by atoms with Crippen LogP contribution >= 0.6 is 0 Å². The summed E-state index contributed by atoms with van der Waals surface area (Å²) >= 11 is 0. The second kappa shape index (κ2) is 8.09. The Hall–Kier alpha value is -2.74. The van der Waals surface area contributed by atoms with Gasteiger partial charge in [-0.3, -0.25) is 4.79 Å². The lowest BCUT2D eigenvalue weighted by molar-refractivity contribution is -0.133. The molecule has 0 aliphatic rings. The lowest BCUT2D eigenvalue weighted by atomic mass is 10.2. The molecule has 0 unspecified atom stereocenters. The summed E-state index contributed by atoms with van der Waals surface area (Å²) in [5.41, 5.74) is 0.191. The van der Waals surface area contributed by atoms with E-state index in [4.69, 9.17) is 4.74 Å². The molecule has 0 saturated carbocycles. The van der Waals surface area contributed by atoms with Crippen LogP contribution in [0.1, 0.15) is 15.9 Å². The van der Waals surface area contributed by atoms with Gasteiger partial charge < -0.3 is 9.64 Å². The molecule has 2 rings (SSSR count). The molecule has 0 N–H and O–H groups in total. The molecule has 0 aromatic heterocycles. The molecule has 0 bridgehead atoms. The molecule has 26 heavy (non-hydrogen) atoms. The molecule has 0 aliphatic carbocycles. The van der Waals surface area contributed by atoms with Crippen molar-refractivity contribution in [3.05, 3.63) is 65.5 Å². The molecule has 138 valence electrons. The number of rotatable bonds is 6. The normalized spacial score (nSPS) is 11.0. The topological polar surface area (TPSA) is 80.8 Å². The Morgan fingerprint density at radius 2 is 1.69 bits per heavy atom. The number of ether oxygens (including phenoxy) is 1. The van der Waals surface area contributed by atoms with Crippen molar-refractivity contribution in [3.8, 4) is 0 Å². The standard InChI is InChI=1S/C18H18FNO5S/c1-20(11-13-7-3-5-9-15(13)19)17(21)12-25-18(22)14-8-4-6-10-16(14)26(2,23)24/h3-10H,11-12H2,1-2H3. The monoisotopic (exact) mass is 379 g/mol. The summed E-state index contributed by atoms with van der Waals surface area (Å²) in [4.78, 5) is 25.3. The van der Waals surface area contributed by atoms with Gasteiger partial charge in [-0.05, 0) is 18.2 Å². The summed E-state index contributed by atoms with van der Waals surface area (Å²) in [5.74, 6) is -1.90. The molecule has 1 amide bonds. The summed E-state index contributed by atoms with van der Waals surface area (Å²) in [7, 11) is -2.17. The molecule has 0 radical (unpaired) electrons. The number of likely N-dealkylation sites (N-methyl/N-ethyl adjacent to an activating group) is 1. The third-order valence-corrected chi connectivity index (χ3v) is 4.78. The largest absolute Gasteiger partial charge is 0.452 e. The van der Waals surface area contributed by atoms with Gasteiger partial charge in [-0.2, -0.15) is 0 Å². The maximum absolute atomic E-state index is 13.6. The van der Waals surface area contributed by atoms with Gasteiger partial charge in [0.1, 0.15) is 5.82 Å². The zero-order chi connectivity index (χ0) is 19.3. The van der Waals surface area contributed by atoms with Gasteiger partial charge in [-0.1, -0.05) is 30.3 Å². The Bertz CT molecular complexity index is 927. The van der Waals surface area contributed by atoms with E-state index in [9.17, 15) is 22.4 Å². The van der Waals surface area contributed by atoms with Crippen LogP contribution in [-0.4, -0.2) is 45.1 Å². The number of nitrogens with zero attached hydrogens (tertiary/aromatic N) is 1. The third kappa shape index (κ3) is 4.89. The van der Waals surface area contributed by atoms with Crippen LogP contribution in [0.4, 0.5) is 4.39 Å². The second-order valence-corrected chi connectivity index (χ2v) is 7.67. The van der Waals surface area contributed by atoms with Crippen LogP contribution in [0.25, 0.3) is 0 Å². The molecule has 6 nitrogen and oxygen atoms in total. The van der Waals surface area contributed by atoms with Crippen molar-refractivity contribution in [1.29, 1.82) is 0 Å². The Balaban J connectivity index is 2.01. The molecule has 0 fully saturated rings. The summed E-state index contributed by atoms with van der Waals surface area (Å²) in [6, 6.07) is 11.6. The minimum atomic E-state index is -3.62. The van der Waals surface area contributed by atoms with Crippen molar-refractivity contribution in [2.45, 2.75) is 11.4 Å². The van der Waals surface area contributed by atoms with E-state index >= 15 is 0 Å². The van der Waals surface area contributed by atoms with Crippen molar-refractivity contribution in [3.63, 3.8) is 0 Å². The highest BCUT2D eigenvalue weighted by atomic mass is 32.2. The fourth-order valence-electron chi connectivity index (χ4n) is 2.24. The van der Waals surface area contributed by atoms with Gasteiger partial charge in [-0.25, -0.2) is 17.6 Å². The molecule has 0 saturated heterocycles. The summed E-state index contributed by atoms with van der Waals surface area (Å²) in [5, 5.41) is 0. The molecule has 0 atom stereocenters. The first-order chi connectivity index (χ1) is 12.2. The van der Waals surface area contributed by atoms with E-state index in [1.165, 1.54) is 42.3 Å². The number of carbonyl (C=O) groups excluding carboxylic acids is 2. The average molecular weight is 379 g/mol. The summed E-state index contributed by atoms with van der Waals surface area (Å²) < 4.78 is 42.0. The number of hydrogen-bond acceptors (Lipinski definition) is 5. The number of esters is 1. The quantitative estimate of drug-likeness (QED) is 0.718.